The van der Waals surface area contributed by atoms with E-state index in [4.69, 9.17) is 14.2 Å². The Labute approximate surface area is 188 Å². The van der Waals surface area contributed by atoms with Crippen LogP contribution in [0.4, 0.5) is 5.69 Å². The molecule has 8 heteroatoms. The van der Waals surface area contributed by atoms with Gasteiger partial charge in [-0.15, -0.1) is 0 Å². The summed E-state index contributed by atoms with van der Waals surface area (Å²) in [5.74, 6) is 0.153. The molecule has 0 aliphatic carbocycles. The molecule has 0 saturated carbocycles. The van der Waals surface area contributed by atoms with Gasteiger partial charge in [0.25, 0.3) is 5.91 Å². The van der Waals surface area contributed by atoms with Gasteiger partial charge in [-0.25, -0.2) is 4.79 Å². The predicted molar refractivity (Wildman–Crippen MR) is 119 cm³/mol. The highest BCUT2D eigenvalue weighted by atomic mass is 79.9. The van der Waals surface area contributed by atoms with Gasteiger partial charge in [0, 0.05) is 33.7 Å². The fraction of sp³-hybridized carbons (Fsp3) is 0.217. The zero-order valence-electron chi connectivity index (χ0n) is 17.1. The van der Waals surface area contributed by atoms with Crippen LogP contribution in [0.15, 0.2) is 53.0 Å². The number of halogens is 1. The van der Waals surface area contributed by atoms with E-state index in [0.29, 0.717) is 40.4 Å². The van der Waals surface area contributed by atoms with E-state index in [1.165, 1.54) is 0 Å². The van der Waals surface area contributed by atoms with Crippen LogP contribution in [-0.4, -0.2) is 36.3 Å². The lowest BCUT2D eigenvalue weighted by molar-refractivity contribution is -0.119. The maximum atomic E-state index is 12.6. The van der Waals surface area contributed by atoms with E-state index >= 15 is 0 Å². The van der Waals surface area contributed by atoms with E-state index in [9.17, 15) is 9.59 Å². The third-order valence-corrected chi connectivity index (χ3v) is 5.56. The lowest BCUT2D eigenvalue weighted by Gasteiger charge is -2.20. The summed E-state index contributed by atoms with van der Waals surface area (Å²) in [6.45, 7) is 4.29. The highest BCUT2D eigenvalue weighted by Crippen LogP contribution is 2.38. The Morgan fingerprint density at radius 3 is 2.45 bits per heavy atom. The topological polar surface area (TPSA) is 78.8 Å². The minimum Gasteiger partial charge on any atom is -0.486 e. The molecule has 2 aromatic carbocycles. The van der Waals surface area contributed by atoms with Gasteiger partial charge in [-0.3, -0.25) is 4.79 Å². The summed E-state index contributed by atoms with van der Waals surface area (Å²) in [5.41, 5.74) is 3.55. The number of amides is 1. The number of aryl methyl sites for hydroxylation is 1. The van der Waals surface area contributed by atoms with Gasteiger partial charge in [-0.05, 0) is 48.0 Å². The lowest BCUT2D eigenvalue weighted by Crippen LogP contribution is -2.22. The highest BCUT2D eigenvalue weighted by Gasteiger charge is 2.20. The van der Waals surface area contributed by atoms with Gasteiger partial charge in [0.05, 0.1) is 11.3 Å². The smallest absolute Gasteiger partial charge is 0.340 e. The van der Waals surface area contributed by atoms with E-state index < -0.39 is 18.5 Å². The minimum atomic E-state index is -0.549. The molecule has 31 heavy (non-hydrogen) atoms. The second kappa shape index (κ2) is 8.85. The molecule has 0 saturated heterocycles. The number of ether oxygens (including phenoxy) is 3. The van der Waals surface area contributed by atoms with Crippen LogP contribution in [0.25, 0.3) is 5.69 Å². The molecule has 4 rings (SSSR count). The molecule has 2 heterocycles. The fourth-order valence-electron chi connectivity index (χ4n) is 3.50. The molecule has 0 atom stereocenters. The number of anilines is 1. The Hall–Kier alpha value is -3.26. The fourth-order valence-corrected chi connectivity index (χ4v) is 3.92. The number of fused-ring (bicyclic) bond motifs is 1. The van der Waals surface area contributed by atoms with Crippen molar-refractivity contribution in [1.82, 2.24) is 4.57 Å². The summed E-state index contributed by atoms with van der Waals surface area (Å²) in [6.07, 6.45) is 0. The van der Waals surface area contributed by atoms with Crippen LogP contribution >= 0.6 is 15.9 Å². The Balaban J connectivity index is 1.42. The number of aromatic nitrogens is 1. The molecule has 0 bridgehead atoms. The summed E-state index contributed by atoms with van der Waals surface area (Å²) >= 11 is 3.40. The quantitative estimate of drug-likeness (QED) is 0.542. The molecule has 7 nitrogen and oxygen atoms in total. The van der Waals surface area contributed by atoms with Crippen molar-refractivity contribution in [3.8, 4) is 17.2 Å². The number of esters is 1. The van der Waals surface area contributed by atoms with Gasteiger partial charge in [-0.2, -0.15) is 0 Å². The summed E-state index contributed by atoms with van der Waals surface area (Å²) < 4.78 is 18.9. The van der Waals surface area contributed by atoms with Crippen LogP contribution in [0.5, 0.6) is 11.5 Å². The molecule has 0 radical (unpaired) electrons. The summed E-state index contributed by atoms with van der Waals surface area (Å²) in [5, 5.41) is 2.72. The van der Waals surface area contributed by atoms with Crippen molar-refractivity contribution in [3.63, 3.8) is 0 Å². The van der Waals surface area contributed by atoms with Gasteiger partial charge in [0.15, 0.2) is 18.1 Å². The van der Waals surface area contributed by atoms with Crippen LogP contribution in [0.3, 0.4) is 0 Å². The number of hydrogen-bond donors (Lipinski definition) is 1. The Bertz CT molecular complexity index is 1140. The SMILES string of the molecule is Cc1cc(C(=O)OCC(=O)Nc2cc3c(cc2Br)OCCO3)c(C)n1-c1ccccc1. The van der Waals surface area contributed by atoms with Crippen molar-refractivity contribution >= 4 is 33.5 Å². The first-order chi connectivity index (χ1) is 14.9. The second-order valence-corrected chi connectivity index (χ2v) is 7.91. The van der Waals surface area contributed by atoms with Crippen molar-refractivity contribution in [2.75, 3.05) is 25.1 Å². The molecule has 0 unspecified atom stereocenters. The Kier molecular flexibility index (Phi) is 5.99. The number of carbonyl (C=O) groups excluding carboxylic acids is 2. The number of benzene rings is 2. The van der Waals surface area contributed by atoms with E-state index in [0.717, 1.165) is 17.1 Å². The van der Waals surface area contributed by atoms with Crippen LogP contribution in [0.1, 0.15) is 21.7 Å². The van der Waals surface area contributed by atoms with Crippen molar-refractivity contribution in [2.24, 2.45) is 0 Å². The summed E-state index contributed by atoms with van der Waals surface area (Å²) in [6, 6.07) is 14.9. The maximum absolute atomic E-state index is 12.6. The third-order valence-electron chi connectivity index (χ3n) is 4.91. The molecule has 1 aliphatic rings. The first kappa shape index (κ1) is 21.0. The van der Waals surface area contributed by atoms with E-state index in [-0.39, 0.29) is 0 Å². The molecule has 0 spiro atoms. The number of nitrogens with zero attached hydrogens (tertiary/aromatic N) is 1. The summed E-state index contributed by atoms with van der Waals surface area (Å²) in [7, 11) is 0. The highest BCUT2D eigenvalue weighted by molar-refractivity contribution is 9.10. The zero-order chi connectivity index (χ0) is 22.0. The first-order valence-corrected chi connectivity index (χ1v) is 10.5. The Morgan fingerprint density at radius 2 is 1.74 bits per heavy atom. The van der Waals surface area contributed by atoms with Crippen LogP contribution < -0.4 is 14.8 Å². The van der Waals surface area contributed by atoms with Crippen molar-refractivity contribution in [2.45, 2.75) is 13.8 Å². The lowest BCUT2D eigenvalue weighted by atomic mass is 10.2. The van der Waals surface area contributed by atoms with Crippen molar-refractivity contribution < 1.29 is 23.8 Å². The molecular weight excluding hydrogens is 464 g/mol. The minimum absolute atomic E-state index is 0.408. The molecule has 0 fully saturated rings. The molecule has 1 aromatic heterocycles. The third kappa shape index (κ3) is 4.44. The molecule has 1 amide bonds. The number of rotatable bonds is 5. The predicted octanol–water partition coefficient (Wildman–Crippen LogP) is 4.42. The van der Waals surface area contributed by atoms with Gasteiger partial charge in [-0.1, -0.05) is 18.2 Å². The number of para-hydroxylation sites is 1. The van der Waals surface area contributed by atoms with Gasteiger partial charge >= 0.3 is 5.97 Å². The summed E-state index contributed by atoms with van der Waals surface area (Å²) in [4.78, 5) is 25.0. The second-order valence-electron chi connectivity index (χ2n) is 7.06. The number of carbonyl (C=O) groups is 2. The monoisotopic (exact) mass is 484 g/mol. The standard InChI is InChI=1S/C23H21BrN2O5/c1-14-10-17(15(2)26(14)16-6-4-3-5-7-16)23(28)31-13-22(27)25-19-12-21-20(11-18(19)24)29-8-9-30-21/h3-7,10-12H,8-9,13H2,1-2H3,(H,25,27). The first-order valence-electron chi connectivity index (χ1n) is 9.74. The average molecular weight is 485 g/mol. The number of nitrogens with one attached hydrogen (secondary N) is 1. The largest absolute Gasteiger partial charge is 0.486 e. The molecule has 3 aromatic rings. The van der Waals surface area contributed by atoms with Gasteiger partial charge in [0.2, 0.25) is 0 Å². The maximum Gasteiger partial charge on any atom is 0.340 e. The van der Waals surface area contributed by atoms with Crippen molar-refractivity contribution in [1.29, 1.82) is 0 Å². The zero-order valence-corrected chi connectivity index (χ0v) is 18.7. The van der Waals surface area contributed by atoms with Gasteiger partial charge < -0.3 is 24.1 Å². The normalized spacial score (nSPS) is 12.4. The number of hydrogen-bond acceptors (Lipinski definition) is 5. The Morgan fingerprint density at radius 1 is 1.06 bits per heavy atom. The molecule has 1 N–H and O–H groups in total. The molecule has 1 aliphatic heterocycles. The molecular formula is C23H21BrN2O5. The van der Waals surface area contributed by atoms with E-state index in [1.807, 2.05) is 48.7 Å². The van der Waals surface area contributed by atoms with Crippen LogP contribution in [-0.2, 0) is 9.53 Å². The van der Waals surface area contributed by atoms with E-state index in [2.05, 4.69) is 21.2 Å². The average Bonchev–Trinajstić information content (AvgIpc) is 3.07. The molecule has 160 valence electrons. The van der Waals surface area contributed by atoms with E-state index in [1.54, 1.807) is 18.2 Å². The van der Waals surface area contributed by atoms with Gasteiger partial charge in [0.1, 0.15) is 13.2 Å². The van der Waals surface area contributed by atoms with Crippen LogP contribution in [0.2, 0.25) is 0 Å². The van der Waals surface area contributed by atoms with Crippen molar-refractivity contribution in [3.05, 3.63) is 70.0 Å². The van der Waals surface area contributed by atoms with Crippen LogP contribution in [0, 0.1) is 13.8 Å².